The second-order valence-electron chi connectivity index (χ2n) is 3.42. The molecule has 0 N–H and O–H groups in total. The van der Waals surface area contributed by atoms with Gasteiger partial charge in [-0.05, 0) is 31.0 Å². The highest BCUT2D eigenvalue weighted by molar-refractivity contribution is 7.62. The molecule has 1 radical (unpaired) electrons. The number of hydrogen-bond donors (Lipinski definition) is 0. The van der Waals surface area contributed by atoms with Gasteiger partial charge in [-0.1, -0.05) is 26.0 Å². The fourth-order valence-corrected chi connectivity index (χ4v) is 2.90. The van der Waals surface area contributed by atoms with E-state index in [2.05, 4.69) is 6.07 Å². The molecule has 3 nitrogen and oxygen atoms in total. The maximum Gasteiger partial charge on any atom is 0.361 e. The molecule has 0 unspecified atom stereocenters. The standard InChI is InChI=1S/C12H18O3P/c1-3-10-14-16(13,15-11-4-2)12-8-6-5-7-9-12/h6-9H,3-4,10-11H2,1-2H3. The van der Waals surface area contributed by atoms with Crippen LogP contribution in [-0.2, 0) is 13.6 Å². The summed E-state index contributed by atoms with van der Waals surface area (Å²) in [5.74, 6) is 0. The topological polar surface area (TPSA) is 35.5 Å². The van der Waals surface area contributed by atoms with E-state index in [0.717, 1.165) is 12.8 Å². The van der Waals surface area contributed by atoms with Gasteiger partial charge >= 0.3 is 7.60 Å². The van der Waals surface area contributed by atoms with Crippen LogP contribution in [0.4, 0.5) is 0 Å². The third kappa shape index (κ3) is 3.75. The summed E-state index contributed by atoms with van der Waals surface area (Å²) in [6.45, 7) is 4.84. The highest BCUT2D eigenvalue weighted by Gasteiger charge is 2.26. The molecular formula is C12H18O3P. The van der Waals surface area contributed by atoms with Crippen molar-refractivity contribution in [1.82, 2.24) is 0 Å². The van der Waals surface area contributed by atoms with Gasteiger partial charge in [0, 0.05) is 0 Å². The average molecular weight is 241 g/mol. The average Bonchev–Trinajstić information content (AvgIpc) is 2.35. The van der Waals surface area contributed by atoms with Gasteiger partial charge in [0.2, 0.25) is 0 Å². The van der Waals surface area contributed by atoms with Gasteiger partial charge in [-0.3, -0.25) is 4.57 Å². The summed E-state index contributed by atoms with van der Waals surface area (Å²) in [6, 6.07) is 9.77. The largest absolute Gasteiger partial charge is 0.361 e. The molecule has 16 heavy (non-hydrogen) atoms. The Balaban J connectivity index is 2.82. The molecule has 1 rings (SSSR count). The van der Waals surface area contributed by atoms with Gasteiger partial charge < -0.3 is 9.05 Å². The van der Waals surface area contributed by atoms with Crippen molar-refractivity contribution in [3.8, 4) is 0 Å². The number of hydrogen-bond acceptors (Lipinski definition) is 3. The van der Waals surface area contributed by atoms with Crippen molar-refractivity contribution in [2.24, 2.45) is 0 Å². The third-order valence-electron chi connectivity index (χ3n) is 1.95. The molecule has 0 aliphatic carbocycles. The minimum absolute atomic E-state index is 0.444. The maximum atomic E-state index is 12.5. The smallest absolute Gasteiger partial charge is 0.305 e. The number of rotatable bonds is 7. The van der Waals surface area contributed by atoms with Crippen LogP contribution < -0.4 is 5.30 Å². The molecule has 1 aromatic rings. The first-order valence-corrected chi connectivity index (χ1v) is 7.13. The lowest BCUT2D eigenvalue weighted by molar-refractivity contribution is 0.213. The van der Waals surface area contributed by atoms with Crippen LogP contribution in [0.1, 0.15) is 26.7 Å². The van der Waals surface area contributed by atoms with E-state index in [1.165, 1.54) is 0 Å². The molecule has 0 aliphatic rings. The maximum absolute atomic E-state index is 12.5. The van der Waals surface area contributed by atoms with Gasteiger partial charge in [0.15, 0.2) is 0 Å². The van der Waals surface area contributed by atoms with Crippen molar-refractivity contribution in [3.63, 3.8) is 0 Å². The Morgan fingerprint density at radius 3 is 2.06 bits per heavy atom. The van der Waals surface area contributed by atoms with Gasteiger partial charge in [-0.2, -0.15) is 0 Å². The Kier molecular flexibility index (Phi) is 5.75. The van der Waals surface area contributed by atoms with E-state index in [1.54, 1.807) is 24.3 Å². The second-order valence-corrected chi connectivity index (χ2v) is 5.45. The SMILES string of the molecule is CCCOP(=O)(OCCC)c1cc[c]cc1. The lowest BCUT2D eigenvalue weighted by Crippen LogP contribution is -2.11. The van der Waals surface area contributed by atoms with Crippen LogP contribution in [0, 0.1) is 6.07 Å². The zero-order chi connectivity index (χ0) is 11.9. The van der Waals surface area contributed by atoms with E-state index >= 15 is 0 Å². The summed E-state index contributed by atoms with van der Waals surface area (Å²) in [7, 11) is -3.12. The van der Waals surface area contributed by atoms with Gasteiger partial charge in [0.05, 0.1) is 18.5 Å². The minimum Gasteiger partial charge on any atom is -0.305 e. The van der Waals surface area contributed by atoms with Crippen molar-refractivity contribution >= 4 is 12.9 Å². The normalized spacial score (nSPS) is 11.6. The van der Waals surface area contributed by atoms with E-state index in [4.69, 9.17) is 9.05 Å². The molecular weight excluding hydrogens is 223 g/mol. The first-order valence-electron chi connectivity index (χ1n) is 5.58. The quantitative estimate of drug-likeness (QED) is 0.688. The van der Waals surface area contributed by atoms with Gasteiger partial charge in [-0.15, -0.1) is 0 Å². The Hall–Kier alpha value is -0.630. The molecule has 0 aromatic heterocycles. The van der Waals surface area contributed by atoms with E-state index in [1.807, 2.05) is 13.8 Å². The van der Waals surface area contributed by atoms with Crippen molar-refractivity contribution in [1.29, 1.82) is 0 Å². The van der Waals surface area contributed by atoms with Crippen LogP contribution in [0.25, 0.3) is 0 Å². The van der Waals surface area contributed by atoms with Gasteiger partial charge in [0.1, 0.15) is 0 Å². The summed E-state index contributed by atoms with van der Waals surface area (Å²) in [5, 5.41) is 0.605. The van der Waals surface area contributed by atoms with Crippen molar-refractivity contribution < 1.29 is 13.6 Å². The Labute approximate surface area is 97.3 Å². The molecule has 89 valence electrons. The molecule has 0 saturated heterocycles. The predicted octanol–water partition coefficient (Wildman–Crippen LogP) is 3.16. The lowest BCUT2D eigenvalue weighted by atomic mass is 10.4. The molecule has 0 aliphatic heterocycles. The molecule has 0 amide bonds. The molecule has 0 atom stereocenters. The molecule has 1 aromatic carbocycles. The zero-order valence-corrected chi connectivity index (χ0v) is 10.7. The first kappa shape index (κ1) is 13.4. The minimum atomic E-state index is -3.12. The van der Waals surface area contributed by atoms with E-state index in [0.29, 0.717) is 18.5 Å². The van der Waals surface area contributed by atoms with Crippen LogP contribution in [0.2, 0.25) is 0 Å². The fourth-order valence-electron chi connectivity index (χ4n) is 1.17. The van der Waals surface area contributed by atoms with Crippen molar-refractivity contribution in [2.45, 2.75) is 26.7 Å². The van der Waals surface area contributed by atoms with Crippen LogP contribution >= 0.6 is 7.60 Å². The summed E-state index contributed by atoms with van der Waals surface area (Å²) < 4.78 is 23.2. The molecule has 0 spiro atoms. The van der Waals surface area contributed by atoms with Gasteiger partial charge in [-0.25, -0.2) is 0 Å². The van der Waals surface area contributed by atoms with Crippen molar-refractivity contribution in [3.05, 3.63) is 30.3 Å². The monoisotopic (exact) mass is 241 g/mol. The fraction of sp³-hybridized carbons (Fsp3) is 0.500. The summed E-state index contributed by atoms with van der Waals surface area (Å²) in [4.78, 5) is 0. The lowest BCUT2D eigenvalue weighted by Gasteiger charge is -2.18. The van der Waals surface area contributed by atoms with E-state index in [-0.39, 0.29) is 0 Å². The molecule has 0 heterocycles. The van der Waals surface area contributed by atoms with E-state index < -0.39 is 7.60 Å². The summed E-state index contributed by atoms with van der Waals surface area (Å²) in [5.41, 5.74) is 0. The molecule has 0 bridgehead atoms. The van der Waals surface area contributed by atoms with Crippen LogP contribution in [0.5, 0.6) is 0 Å². The first-order chi connectivity index (χ1) is 7.73. The molecule has 4 heteroatoms. The summed E-state index contributed by atoms with van der Waals surface area (Å²) in [6.07, 6.45) is 1.64. The Morgan fingerprint density at radius 1 is 1.12 bits per heavy atom. The highest BCUT2D eigenvalue weighted by atomic mass is 31.2. The number of benzene rings is 1. The Bertz CT molecular complexity index is 325. The molecule has 0 saturated carbocycles. The van der Waals surface area contributed by atoms with E-state index in [9.17, 15) is 4.57 Å². The summed E-state index contributed by atoms with van der Waals surface area (Å²) >= 11 is 0. The highest BCUT2D eigenvalue weighted by Crippen LogP contribution is 2.46. The predicted molar refractivity (Wildman–Crippen MR) is 65.0 cm³/mol. The van der Waals surface area contributed by atoms with Crippen LogP contribution in [-0.4, -0.2) is 13.2 Å². The molecule has 0 fully saturated rings. The van der Waals surface area contributed by atoms with Crippen molar-refractivity contribution in [2.75, 3.05) is 13.2 Å². The third-order valence-corrected chi connectivity index (χ3v) is 3.92. The van der Waals surface area contributed by atoms with Gasteiger partial charge in [0.25, 0.3) is 0 Å². The zero-order valence-electron chi connectivity index (χ0n) is 9.81. The van der Waals surface area contributed by atoms with Crippen LogP contribution in [0.3, 0.4) is 0 Å². The van der Waals surface area contributed by atoms with Crippen LogP contribution in [0.15, 0.2) is 24.3 Å². The second kappa shape index (κ2) is 6.85. The Morgan fingerprint density at radius 2 is 1.62 bits per heavy atom.